The van der Waals surface area contributed by atoms with Crippen molar-refractivity contribution in [2.45, 2.75) is 12.8 Å². The molecule has 0 bridgehead atoms. The summed E-state index contributed by atoms with van der Waals surface area (Å²) in [4.78, 5) is 17.1. The van der Waals surface area contributed by atoms with E-state index in [0.717, 1.165) is 24.6 Å². The quantitative estimate of drug-likeness (QED) is 0.678. The highest BCUT2D eigenvalue weighted by atomic mass is 16.1. The SMILES string of the molecule is CN(CC1CC1)c1ncccc1C=O. The van der Waals surface area contributed by atoms with Gasteiger partial charge < -0.3 is 4.90 Å². The standard InChI is InChI=1S/C11H14N2O/c1-13(7-9-4-5-9)11-10(8-14)3-2-6-12-11/h2-3,6,8-9H,4-5,7H2,1H3. The molecular weight excluding hydrogens is 176 g/mol. The van der Waals surface area contributed by atoms with Gasteiger partial charge in [-0.15, -0.1) is 0 Å². The predicted octanol–water partition coefficient (Wildman–Crippen LogP) is 1.74. The van der Waals surface area contributed by atoms with E-state index >= 15 is 0 Å². The second kappa shape index (κ2) is 3.78. The zero-order valence-electron chi connectivity index (χ0n) is 8.31. The largest absolute Gasteiger partial charge is 0.359 e. The highest BCUT2D eigenvalue weighted by molar-refractivity contribution is 5.82. The van der Waals surface area contributed by atoms with Crippen molar-refractivity contribution in [2.24, 2.45) is 5.92 Å². The number of pyridine rings is 1. The van der Waals surface area contributed by atoms with E-state index in [1.54, 1.807) is 18.3 Å². The Morgan fingerprint density at radius 1 is 1.64 bits per heavy atom. The van der Waals surface area contributed by atoms with Crippen molar-refractivity contribution < 1.29 is 4.79 Å². The van der Waals surface area contributed by atoms with E-state index in [9.17, 15) is 4.79 Å². The molecule has 0 radical (unpaired) electrons. The van der Waals surface area contributed by atoms with Gasteiger partial charge in [0.15, 0.2) is 6.29 Å². The molecule has 0 aromatic carbocycles. The molecule has 1 aromatic rings. The van der Waals surface area contributed by atoms with Crippen molar-refractivity contribution >= 4 is 12.1 Å². The Morgan fingerprint density at radius 2 is 2.43 bits per heavy atom. The monoisotopic (exact) mass is 190 g/mol. The molecular formula is C11H14N2O. The highest BCUT2D eigenvalue weighted by Crippen LogP contribution is 2.30. The average molecular weight is 190 g/mol. The van der Waals surface area contributed by atoms with Gasteiger partial charge in [0.25, 0.3) is 0 Å². The summed E-state index contributed by atoms with van der Waals surface area (Å²) in [6.45, 7) is 1.01. The van der Waals surface area contributed by atoms with E-state index in [0.29, 0.717) is 5.56 Å². The topological polar surface area (TPSA) is 33.2 Å². The van der Waals surface area contributed by atoms with Crippen LogP contribution in [-0.2, 0) is 0 Å². The molecule has 1 heterocycles. The molecule has 0 N–H and O–H groups in total. The van der Waals surface area contributed by atoms with Crippen molar-refractivity contribution in [1.29, 1.82) is 0 Å². The number of carbonyl (C=O) groups excluding carboxylic acids is 1. The Kier molecular flexibility index (Phi) is 2.48. The third-order valence-electron chi connectivity index (χ3n) is 2.53. The normalized spacial score (nSPS) is 15.2. The Labute approximate surface area is 83.8 Å². The number of aldehydes is 1. The summed E-state index contributed by atoms with van der Waals surface area (Å²) in [5.74, 6) is 1.61. The molecule has 3 nitrogen and oxygen atoms in total. The Morgan fingerprint density at radius 3 is 3.07 bits per heavy atom. The van der Waals surface area contributed by atoms with Gasteiger partial charge in [-0.3, -0.25) is 4.79 Å². The van der Waals surface area contributed by atoms with Gasteiger partial charge in [-0.2, -0.15) is 0 Å². The average Bonchev–Trinajstić information content (AvgIpc) is 3.01. The zero-order chi connectivity index (χ0) is 9.97. The first-order valence-corrected chi connectivity index (χ1v) is 4.92. The Bertz CT molecular complexity index is 334. The maximum Gasteiger partial charge on any atom is 0.153 e. The van der Waals surface area contributed by atoms with E-state index in [1.807, 2.05) is 7.05 Å². The lowest BCUT2D eigenvalue weighted by atomic mass is 10.2. The summed E-state index contributed by atoms with van der Waals surface area (Å²) in [7, 11) is 1.99. The highest BCUT2D eigenvalue weighted by Gasteiger charge is 2.23. The molecule has 1 aromatic heterocycles. The minimum atomic E-state index is 0.677. The summed E-state index contributed by atoms with van der Waals surface area (Å²) in [5, 5.41) is 0. The van der Waals surface area contributed by atoms with E-state index in [2.05, 4.69) is 9.88 Å². The molecule has 1 aliphatic rings. The van der Waals surface area contributed by atoms with Gasteiger partial charge in [0.1, 0.15) is 5.82 Å². The third-order valence-corrected chi connectivity index (χ3v) is 2.53. The third kappa shape index (κ3) is 1.92. The Hall–Kier alpha value is -1.38. The number of rotatable bonds is 4. The van der Waals surface area contributed by atoms with Gasteiger partial charge >= 0.3 is 0 Å². The van der Waals surface area contributed by atoms with Crippen molar-refractivity contribution in [3.05, 3.63) is 23.9 Å². The molecule has 14 heavy (non-hydrogen) atoms. The van der Waals surface area contributed by atoms with Crippen molar-refractivity contribution in [1.82, 2.24) is 4.98 Å². The first-order valence-electron chi connectivity index (χ1n) is 4.92. The fourth-order valence-electron chi connectivity index (χ4n) is 1.59. The summed E-state index contributed by atoms with van der Waals surface area (Å²) in [6.07, 6.45) is 5.22. The molecule has 3 heteroatoms. The van der Waals surface area contributed by atoms with E-state index in [1.165, 1.54) is 12.8 Å². The van der Waals surface area contributed by atoms with Crippen LogP contribution >= 0.6 is 0 Å². The van der Waals surface area contributed by atoms with E-state index in [-0.39, 0.29) is 0 Å². The molecule has 0 unspecified atom stereocenters. The smallest absolute Gasteiger partial charge is 0.153 e. The summed E-state index contributed by atoms with van der Waals surface area (Å²) < 4.78 is 0. The molecule has 0 spiro atoms. The first-order chi connectivity index (χ1) is 6.81. The van der Waals surface area contributed by atoms with Crippen LogP contribution in [0.1, 0.15) is 23.2 Å². The number of hydrogen-bond acceptors (Lipinski definition) is 3. The molecule has 1 aliphatic carbocycles. The van der Waals surface area contributed by atoms with Gasteiger partial charge in [-0.25, -0.2) is 4.98 Å². The second-order valence-corrected chi connectivity index (χ2v) is 3.86. The molecule has 0 aliphatic heterocycles. The number of carbonyl (C=O) groups is 1. The maximum atomic E-state index is 10.8. The van der Waals surface area contributed by atoms with Crippen LogP contribution in [0.15, 0.2) is 18.3 Å². The van der Waals surface area contributed by atoms with Gasteiger partial charge in [0, 0.05) is 19.8 Å². The van der Waals surface area contributed by atoms with E-state index in [4.69, 9.17) is 0 Å². The predicted molar refractivity (Wildman–Crippen MR) is 55.6 cm³/mol. The van der Waals surface area contributed by atoms with Gasteiger partial charge in [0.2, 0.25) is 0 Å². The molecule has 1 fully saturated rings. The lowest BCUT2D eigenvalue weighted by Gasteiger charge is -2.18. The van der Waals surface area contributed by atoms with Crippen LogP contribution in [0.25, 0.3) is 0 Å². The lowest BCUT2D eigenvalue weighted by molar-refractivity contribution is 0.112. The number of hydrogen-bond donors (Lipinski definition) is 0. The van der Waals surface area contributed by atoms with Crippen LogP contribution in [0.4, 0.5) is 5.82 Å². The number of nitrogens with zero attached hydrogens (tertiary/aromatic N) is 2. The minimum absolute atomic E-state index is 0.677. The van der Waals surface area contributed by atoms with Gasteiger partial charge in [-0.1, -0.05) is 0 Å². The molecule has 74 valence electrons. The summed E-state index contributed by atoms with van der Waals surface area (Å²) in [6, 6.07) is 3.59. The van der Waals surface area contributed by atoms with Gasteiger partial charge in [0.05, 0.1) is 5.56 Å². The van der Waals surface area contributed by atoms with Crippen molar-refractivity contribution in [3.63, 3.8) is 0 Å². The molecule has 2 rings (SSSR count). The zero-order valence-corrected chi connectivity index (χ0v) is 8.31. The van der Waals surface area contributed by atoms with Crippen LogP contribution < -0.4 is 4.90 Å². The number of aromatic nitrogens is 1. The second-order valence-electron chi connectivity index (χ2n) is 3.86. The summed E-state index contributed by atoms with van der Waals surface area (Å²) in [5.41, 5.74) is 0.677. The van der Waals surface area contributed by atoms with Gasteiger partial charge in [-0.05, 0) is 30.9 Å². The summed E-state index contributed by atoms with van der Waals surface area (Å²) >= 11 is 0. The van der Waals surface area contributed by atoms with Crippen molar-refractivity contribution in [2.75, 3.05) is 18.5 Å². The maximum absolute atomic E-state index is 10.8. The molecule has 0 saturated heterocycles. The fourth-order valence-corrected chi connectivity index (χ4v) is 1.59. The number of anilines is 1. The van der Waals surface area contributed by atoms with Crippen LogP contribution in [0, 0.1) is 5.92 Å². The molecule has 0 amide bonds. The Balaban J connectivity index is 2.15. The van der Waals surface area contributed by atoms with Crippen LogP contribution in [0.5, 0.6) is 0 Å². The molecule has 0 atom stereocenters. The van der Waals surface area contributed by atoms with Crippen LogP contribution in [0.2, 0.25) is 0 Å². The van der Waals surface area contributed by atoms with Crippen LogP contribution in [-0.4, -0.2) is 24.9 Å². The van der Waals surface area contributed by atoms with Crippen LogP contribution in [0.3, 0.4) is 0 Å². The first kappa shape index (κ1) is 9.19. The van der Waals surface area contributed by atoms with Crippen molar-refractivity contribution in [3.8, 4) is 0 Å². The van der Waals surface area contributed by atoms with E-state index < -0.39 is 0 Å². The minimum Gasteiger partial charge on any atom is -0.359 e. The lowest BCUT2D eigenvalue weighted by Crippen LogP contribution is -2.22. The fraction of sp³-hybridized carbons (Fsp3) is 0.455. The molecule has 1 saturated carbocycles.